The number of amides is 3. The van der Waals surface area contributed by atoms with Crippen LogP contribution in [0.15, 0.2) is 12.1 Å². The van der Waals surface area contributed by atoms with Crippen LogP contribution in [0.25, 0.3) is 0 Å². The highest BCUT2D eigenvalue weighted by atomic mass is 16.5. The van der Waals surface area contributed by atoms with Gasteiger partial charge >= 0.3 is 6.03 Å². The molecule has 1 aliphatic heterocycles. The molecular weight excluding hydrogens is 398 g/mol. The van der Waals surface area contributed by atoms with Crippen LogP contribution in [-0.2, 0) is 4.74 Å². The first-order valence-corrected chi connectivity index (χ1v) is 11.2. The number of carbonyl (C=O) groups is 2. The number of likely N-dealkylation sites (tertiary alicyclic amines) is 1. The summed E-state index contributed by atoms with van der Waals surface area (Å²) in [5.41, 5.74) is 0.788. The van der Waals surface area contributed by atoms with Crippen molar-refractivity contribution >= 4 is 17.6 Å². The van der Waals surface area contributed by atoms with E-state index in [-0.39, 0.29) is 18.0 Å². The zero-order valence-corrected chi connectivity index (χ0v) is 18.9. The van der Waals surface area contributed by atoms with Crippen molar-refractivity contribution in [1.29, 1.82) is 0 Å². The molecule has 2 fully saturated rings. The topological polar surface area (TPSA) is 89.1 Å². The fourth-order valence-electron chi connectivity index (χ4n) is 4.32. The Morgan fingerprint density at radius 2 is 1.71 bits per heavy atom. The molecule has 0 unspecified atom stereocenters. The van der Waals surface area contributed by atoms with Crippen molar-refractivity contribution in [1.82, 2.24) is 10.2 Å². The van der Waals surface area contributed by atoms with Crippen LogP contribution < -0.4 is 20.1 Å². The molecule has 8 heteroatoms. The lowest BCUT2D eigenvalue weighted by molar-refractivity contribution is -0.00232. The van der Waals surface area contributed by atoms with Gasteiger partial charge in [-0.15, -0.1) is 0 Å². The Hall–Kier alpha value is -2.48. The van der Waals surface area contributed by atoms with Crippen LogP contribution in [0.1, 0.15) is 55.8 Å². The molecule has 31 heavy (non-hydrogen) atoms. The van der Waals surface area contributed by atoms with Crippen molar-refractivity contribution in [2.75, 3.05) is 45.8 Å². The van der Waals surface area contributed by atoms with Crippen LogP contribution >= 0.6 is 0 Å². The lowest BCUT2D eigenvalue weighted by Crippen LogP contribution is -2.35. The molecule has 3 rings (SSSR count). The molecule has 1 aromatic carbocycles. The minimum Gasteiger partial charge on any atom is -0.493 e. The summed E-state index contributed by atoms with van der Waals surface area (Å²) in [7, 11) is 3.04. The second-order valence-electron chi connectivity index (χ2n) is 8.30. The predicted molar refractivity (Wildman–Crippen MR) is 119 cm³/mol. The van der Waals surface area contributed by atoms with E-state index in [2.05, 4.69) is 17.6 Å². The normalized spacial score (nSPS) is 20.9. The maximum Gasteiger partial charge on any atom is 0.319 e. The van der Waals surface area contributed by atoms with Crippen LogP contribution in [0.3, 0.4) is 0 Å². The Labute approximate surface area is 184 Å². The average Bonchev–Trinajstić information content (AvgIpc) is 3.32. The summed E-state index contributed by atoms with van der Waals surface area (Å²) in [5.74, 6) is 1.34. The number of carbonyl (C=O) groups excluding carboxylic acids is 2. The highest BCUT2D eigenvalue weighted by molar-refractivity contribution is 6.04. The van der Waals surface area contributed by atoms with Crippen molar-refractivity contribution in [3.05, 3.63) is 17.7 Å². The van der Waals surface area contributed by atoms with E-state index in [0.29, 0.717) is 41.8 Å². The number of ether oxygens (including phenoxy) is 3. The van der Waals surface area contributed by atoms with Gasteiger partial charge in [-0.3, -0.25) is 4.79 Å². The molecule has 8 nitrogen and oxygen atoms in total. The van der Waals surface area contributed by atoms with E-state index in [1.807, 2.05) is 0 Å². The summed E-state index contributed by atoms with van der Waals surface area (Å²) in [5, 5.41) is 5.61. The Bertz CT molecular complexity index is 764. The molecule has 1 saturated carbocycles. The van der Waals surface area contributed by atoms with Gasteiger partial charge in [0, 0.05) is 25.7 Å². The summed E-state index contributed by atoms with van der Waals surface area (Å²) in [6.07, 6.45) is 7.01. The number of nitrogens with one attached hydrogen (secondary N) is 2. The number of hydrogen-bond donors (Lipinski definition) is 2. The second-order valence-corrected chi connectivity index (χ2v) is 8.30. The number of nitrogens with zero attached hydrogens (tertiary/aromatic N) is 1. The lowest BCUT2D eigenvalue weighted by atomic mass is 9.88. The van der Waals surface area contributed by atoms with Crippen LogP contribution in [-0.4, -0.2) is 63.4 Å². The van der Waals surface area contributed by atoms with E-state index in [0.717, 1.165) is 32.4 Å². The van der Waals surface area contributed by atoms with Gasteiger partial charge < -0.3 is 29.7 Å². The minimum absolute atomic E-state index is 0.122. The molecule has 1 saturated heterocycles. The molecule has 172 valence electrons. The van der Waals surface area contributed by atoms with E-state index >= 15 is 0 Å². The Morgan fingerprint density at radius 1 is 1.03 bits per heavy atom. The number of urea groups is 1. The zero-order valence-electron chi connectivity index (χ0n) is 18.9. The van der Waals surface area contributed by atoms with Crippen LogP contribution in [0.5, 0.6) is 11.5 Å². The number of hydrogen-bond acceptors (Lipinski definition) is 5. The summed E-state index contributed by atoms with van der Waals surface area (Å²) in [6.45, 7) is 4.52. The van der Waals surface area contributed by atoms with Gasteiger partial charge in [-0.25, -0.2) is 4.79 Å². The number of benzene rings is 1. The maximum atomic E-state index is 13.0. The first-order chi connectivity index (χ1) is 15.0. The van der Waals surface area contributed by atoms with Gasteiger partial charge in [-0.05, 0) is 37.7 Å². The van der Waals surface area contributed by atoms with Gasteiger partial charge in [0.2, 0.25) is 0 Å². The summed E-state index contributed by atoms with van der Waals surface area (Å²) in [4.78, 5) is 27.3. The lowest BCUT2D eigenvalue weighted by Gasteiger charge is -2.28. The molecule has 2 aliphatic rings. The van der Waals surface area contributed by atoms with Crippen molar-refractivity contribution in [2.24, 2.45) is 5.92 Å². The fraction of sp³-hybridized carbons (Fsp3) is 0.652. The Kier molecular flexibility index (Phi) is 8.40. The Balaban J connectivity index is 1.61. The van der Waals surface area contributed by atoms with E-state index in [4.69, 9.17) is 14.2 Å². The molecule has 1 heterocycles. The maximum absolute atomic E-state index is 13.0. The average molecular weight is 434 g/mol. The number of rotatable bonds is 8. The highest BCUT2D eigenvalue weighted by Crippen LogP contribution is 2.34. The van der Waals surface area contributed by atoms with E-state index in [9.17, 15) is 9.59 Å². The molecule has 0 spiro atoms. The van der Waals surface area contributed by atoms with Gasteiger partial charge in [0.05, 0.1) is 38.2 Å². The monoisotopic (exact) mass is 433 g/mol. The zero-order chi connectivity index (χ0) is 22.2. The standard InChI is InChI=1S/C23H35N3O5/c1-16-8-4-5-9-19(16)31-13-10-24-23(28)25-18-15-21(30-3)20(29-2)14-17(18)22(27)26-11-6-7-12-26/h14-16,19H,4-13H2,1-3H3,(H2,24,25,28)/t16-,19+/m0/s1. The highest BCUT2D eigenvalue weighted by Gasteiger charge is 2.25. The molecule has 2 atom stereocenters. The quantitative estimate of drug-likeness (QED) is 0.611. The summed E-state index contributed by atoms with van der Waals surface area (Å²) in [6, 6.07) is 2.87. The van der Waals surface area contributed by atoms with E-state index in [1.165, 1.54) is 33.5 Å². The van der Waals surface area contributed by atoms with Crippen LogP contribution in [0, 0.1) is 5.92 Å². The third kappa shape index (κ3) is 6.03. The first-order valence-electron chi connectivity index (χ1n) is 11.2. The van der Waals surface area contributed by atoms with Crippen LogP contribution in [0.4, 0.5) is 10.5 Å². The summed E-state index contributed by atoms with van der Waals surface area (Å²) < 4.78 is 16.7. The van der Waals surface area contributed by atoms with E-state index < -0.39 is 0 Å². The van der Waals surface area contributed by atoms with Crippen molar-refractivity contribution in [2.45, 2.75) is 51.6 Å². The van der Waals surface area contributed by atoms with Crippen LogP contribution in [0.2, 0.25) is 0 Å². The molecule has 0 radical (unpaired) electrons. The van der Waals surface area contributed by atoms with Gasteiger partial charge in [0.25, 0.3) is 5.91 Å². The SMILES string of the molecule is COc1cc(NC(=O)NCCO[C@@H]2CCCC[C@@H]2C)c(C(=O)N2CCCC2)cc1OC. The first kappa shape index (κ1) is 23.2. The predicted octanol–water partition coefficient (Wildman–Crippen LogP) is 3.66. The molecular formula is C23H35N3O5. The van der Waals surface area contributed by atoms with Crippen molar-refractivity contribution in [3.63, 3.8) is 0 Å². The fourth-order valence-corrected chi connectivity index (χ4v) is 4.32. The third-order valence-corrected chi connectivity index (χ3v) is 6.15. The minimum atomic E-state index is -0.386. The number of methoxy groups -OCH3 is 2. The van der Waals surface area contributed by atoms with E-state index in [1.54, 1.807) is 17.0 Å². The largest absolute Gasteiger partial charge is 0.493 e. The molecule has 0 bridgehead atoms. The van der Waals surface area contributed by atoms with Gasteiger partial charge in [-0.1, -0.05) is 19.8 Å². The smallest absolute Gasteiger partial charge is 0.319 e. The Morgan fingerprint density at radius 3 is 2.39 bits per heavy atom. The molecule has 1 aromatic rings. The summed E-state index contributed by atoms with van der Waals surface area (Å²) >= 11 is 0. The second kappa shape index (κ2) is 11.2. The van der Waals surface area contributed by atoms with Crippen molar-refractivity contribution in [3.8, 4) is 11.5 Å². The molecule has 1 aliphatic carbocycles. The molecule has 3 amide bonds. The van der Waals surface area contributed by atoms with Gasteiger partial charge in [0.1, 0.15) is 0 Å². The van der Waals surface area contributed by atoms with Gasteiger partial charge in [-0.2, -0.15) is 0 Å². The van der Waals surface area contributed by atoms with Gasteiger partial charge in [0.15, 0.2) is 11.5 Å². The third-order valence-electron chi connectivity index (χ3n) is 6.15. The van der Waals surface area contributed by atoms with Crippen molar-refractivity contribution < 1.29 is 23.8 Å². The molecule has 0 aromatic heterocycles. The molecule has 2 N–H and O–H groups in total. The number of anilines is 1.